The van der Waals surface area contributed by atoms with E-state index in [0.717, 1.165) is 17.3 Å². The molecule has 0 spiro atoms. The number of nitrogens with zero attached hydrogens (tertiary/aromatic N) is 1. The van der Waals surface area contributed by atoms with E-state index in [9.17, 15) is 4.79 Å². The van der Waals surface area contributed by atoms with Crippen molar-refractivity contribution in [2.75, 3.05) is 27.7 Å². The maximum absolute atomic E-state index is 10.8. The zero-order valence-electron chi connectivity index (χ0n) is 9.18. The largest absolute Gasteiger partial charge is 0.331 e. The van der Waals surface area contributed by atoms with E-state index in [4.69, 9.17) is 0 Å². The Balaban J connectivity index is 3.27. The Hall–Kier alpha value is -0.630. The van der Waals surface area contributed by atoms with E-state index in [1.54, 1.807) is 0 Å². The van der Waals surface area contributed by atoms with Gasteiger partial charge in [0.25, 0.3) is 0 Å². The Labute approximate surface area is 81.8 Å². The normalized spacial score (nSPS) is 11.3. The van der Waals surface area contributed by atoms with Crippen molar-refractivity contribution in [3.63, 3.8) is 0 Å². The Morgan fingerprint density at radius 3 is 2.31 bits per heavy atom. The Morgan fingerprint density at radius 1 is 1.23 bits per heavy atom. The fourth-order valence-electron chi connectivity index (χ4n) is 1.16. The van der Waals surface area contributed by atoms with Crippen molar-refractivity contribution in [2.45, 2.75) is 25.7 Å². The highest BCUT2D eigenvalue weighted by atomic mass is 16.1. The van der Waals surface area contributed by atoms with Gasteiger partial charge in [-0.05, 0) is 25.3 Å². The molecule has 0 aliphatic carbocycles. The van der Waals surface area contributed by atoms with Crippen molar-refractivity contribution in [1.82, 2.24) is 0 Å². The van der Waals surface area contributed by atoms with Crippen molar-refractivity contribution in [3.05, 3.63) is 12.7 Å². The first kappa shape index (κ1) is 12.4. The summed E-state index contributed by atoms with van der Waals surface area (Å²) < 4.78 is 1.01. The Bertz CT molecular complexity index is 167. The van der Waals surface area contributed by atoms with Gasteiger partial charge < -0.3 is 4.48 Å². The summed E-state index contributed by atoms with van der Waals surface area (Å²) in [7, 11) is 6.57. The van der Waals surface area contributed by atoms with Gasteiger partial charge in [0.05, 0.1) is 27.7 Å². The van der Waals surface area contributed by atoms with E-state index < -0.39 is 0 Å². The molecule has 2 heteroatoms. The van der Waals surface area contributed by atoms with Crippen LogP contribution in [0, 0.1) is 0 Å². The zero-order valence-corrected chi connectivity index (χ0v) is 9.18. The maximum Gasteiger partial charge on any atom is 0.155 e. The molecule has 0 amide bonds. The lowest BCUT2D eigenvalue weighted by Gasteiger charge is -2.23. The molecular weight excluding hydrogens is 162 g/mol. The van der Waals surface area contributed by atoms with Gasteiger partial charge in [-0.3, -0.25) is 4.79 Å². The lowest BCUT2D eigenvalue weighted by atomic mass is 10.1. The second kappa shape index (κ2) is 5.92. The first-order chi connectivity index (χ1) is 5.95. The van der Waals surface area contributed by atoms with Crippen LogP contribution in [0.15, 0.2) is 12.7 Å². The molecule has 0 rings (SSSR count). The third kappa shape index (κ3) is 9.28. The van der Waals surface area contributed by atoms with Crippen LogP contribution in [0.1, 0.15) is 25.7 Å². The van der Waals surface area contributed by atoms with E-state index in [-0.39, 0.29) is 5.78 Å². The van der Waals surface area contributed by atoms with Crippen molar-refractivity contribution >= 4 is 5.78 Å². The summed E-state index contributed by atoms with van der Waals surface area (Å²) in [6.07, 6.45) is 5.44. The van der Waals surface area contributed by atoms with Crippen LogP contribution in [-0.2, 0) is 4.79 Å². The summed E-state index contributed by atoms with van der Waals surface area (Å²) in [6, 6.07) is 0. The smallest absolute Gasteiger partial charge is 0.155 e. The predicted octanol–water partition coefficient (Wildman–Crippen LogP) is 2.01. The minimum absolute atomic E-state index is 0.172. The van der Waals surface area contributed by atoms with E-state index in [0.29, 0.717) is 6.42 Å². The quantitative estimate of drug-likeness (QED) is 0.336. The molecule has 0 aromatic rings. The Kier molecular flexibility index (Phi) is 5.63. The molecule has 0 aromatic carbocycles. The molecule has 0 aromatic heterocycles. The standard InChI is InChI=1S/C11H22NO/c1-5-11(13)9-7-6-8-10-12(2,3)4/h5H,1,6-10H2,2-4H3/q+1. The van der Waals surface area contributed by atoms with Gasteiger partial charge >= 0.3 is 0 Å². The fourth-order valence-corrected chi connectivity index (χ4v) is 1.16. The first-order valence-corrected chi connectivity index (χ1v) is 4.91. The molecule has 76 valence electrons. The number of carbonyl (C=O) groups excluding carboxylic acids is 1. The van der Waals surface area contributed by atoms with Gasteiger partial charge in [-0.25, -0.2) is 0 Å². The van der Waals surface area contributed by atoms with Crippen LogP contribution in [0.4, 0.5) is 0 Å². The topological polar surface area (TPSA) is 17.1 Å². The number of hydrogen-bond acceptors (Lipinski definition) is 1. The van der Waals surface area contributed by atoms with Crippen LogP contribution in [0.3, 0.4) is 0 Å². The molecule has 0 saturated carbocycles. The minimum atomic E-state index is 0.172. The highest BCUT2D eigenvalue weighted by molar-refractivity contribution is 5.88. The minimum Gasteiger partial charge on any atom is -0.331 e. The van der Waals surface area contributed by atoms with Crippen molar-refractivity contribution in [1.29, 1.82) is 0 Å². The van der Waals surface area contributed by atoms with Gasteiger partial charge in [-0.15, -0.1) is 0 Å². The van der Waals surface area contributed by atoms with Crippen LogP contribution in [0.25, 0.3) is 0 Å². The van der Waals surface area contributed by atoms with Crippen molar-refractivity contribution in [3.8, 4) is 0 Å². The number of quaternary nitrogens is 1. The SMILES string of the molecule is C=CC(=O)CCCCC[N+](C)(C)C. The van der Waals surface area contributed by atoms with Gasteiger partial charge in [0.15, 0.2) is 5.78 Å². The molecule has 0 bridgehead atoms. The second-order valence-electron chi connectivity index (χ2n) is 4.50. The first-order valence-electron chi connectivity index (χ1n) is 4.91. The van der Waals surface area contributed by atoms with Gasteiger partial charge in [0, 0.05) is 6.42 Å². The van der Waals surface area contributed by atoms with E-state index in [1.807, 2.05) is 0 Å². The number of carbonyl (C=O) groups is 1. The molecule has 0 N–H and O–H groups in total. The molecule has 0 heterocycles. The van der Waals surface area contributed by atoms with Crippen LogP contribution in [0.5, 0.6) is 0 Å². The highest BCUT2D eigenvalue weighted by Crippen LogP contribution is 2.03. The second-order valence-corrected chi connectivity index (χ2v) is 4.50. The lowest BCUT2D eigenvalue weighted by Crippen LogP contribution is -2.35. The zero-order chi connectivity index (χ0) is 10.3. The summed E-state index contributed by atoms with van der Waals surface area (Å²) in [6.45, 7) is 4.63. The summed E-state index contributed by atoms with van der Waals surface area (Å²) in [4.78, 5) is 10.8. The predicted molar refractivity (Wildman–Crippen MR) is 56.6 cm³/mol. The van der Waals surface area contributed by atoms with Crippen molar-refractivity contribution in [2.24, 2.45) is 0 Å². The van der Waals surface area contributed by atoms with Gasteiger partial charge in [-0.1, -0.05) is 6.58 Å². The molecule has 0 atom stereocenters. The summed E-state index contributed by atoms with van der Waals surface area (Å²) >= 11 is 0. The highest BCUT2D eigenvalue weighted by Gasteiger charge is 2.05. The number of rotatable bonds is 7. The lowest BCUT2D eigenvalue weighted by molar-refractivity contribution is -0.870. The number of unbranched alkanes of at least 4 members (excludes halogenated alkanes) is 2. The van der Waals surface area contributed by atoms with Gasteiger partial charge in [-0.2, -0.15) is 0 Å². The average Bonchev–Trinajstić information content (AvgIpc) is 2.01. The number of allylic oxidation sites excluding steroid dienone is 1. The van der Waals surface area contributed by atoms with Gasteiger partial charge in [0.1, 0.15) is 0 Å². The third-order valence-electron chi connectivity index (χ3n) is 1.98. The van der Waals surface area contributed by atoms with E-state index in [1.165, 1.54) is 19.0 Å². The molecule has 0 aliphatic rings. The van der Waals surface area contributed by atoms with Crippen LogP contribution in [0.2, 0.25) is 0 Å². The molecule has 0 unspecified atom stereocenters. The molecule has 13 heavy (non-hydrogen) atoms. The fraction of sp³-hybridized carbons (Fsp3) is 0.727. The number of hydrogen-bond donors (Lipinski definition) is 0. The van der Waals surface area contributed by atoms with Crippen LogP contribution >= 0.6 is 0 Å². The third-order valence-corrected chi connectivity index (χ3v) is 1.98. The molecular formula is C11H22NO+. The summed E-state index contributed by atoms with van der Waals surface area (Å²) in [5.74, 6) is 0.172. The molecule has 0 aliphatic heterocycles. The summed E-state index contributed by atoms with van der Waals surface area (Å²) in [5, 5.41) is 0. The maximum atomic E-state index is 10.8. The Morgan fingerprint density at radius 2 is 1.85 bits per heavy atom. The molecule has 2 nitrogen and oxygen atoms in total. The monoisotopic (exact) mass is 184 g/mol. The van der Waals surface area contributed by atoms with Crippen LogP contribution in [-0.4, -0.2) is 38.0 Å². The average molecular weight is 184 g/mol. The van der Waals surface area contributed by atoms with E-state index >= 15 is 0 Å². The van der Waals surface area contributed by atoms with Gasteiger partial charge in [0.2, 0.25) is 0 Å². The molecule has 0 fully saturated rings. The van der Waals surface area contributed by atoms with Crippen LogP contribution < -0.4 is 0 Å². The van der Waals surface area contributed by atoms with E-state index in [2.05, 4.69) is 27.7 Å². The number of ketones is 1. The molecule has 0 radical (unpaired) electrons. The molecule has 0 saturated heterocycles. The summed E-state index contributed by atoms with van der Waals surface area (Å²) in [5.41, 5.74) is 0. The van der Waals surface area contributed by atoms with Crippen molar-refractivity contribution < 1.29 is 9.28 Å².